The molecule has 0 aliphatic rings. The molecule has 0 unspecified atom stereocenters. The van der Waals surface area contributed by atoms with Gasteiger partial charge in [0.2, 0.25) is 0 Å². The molecule has 2 heterocycles. The monoisotopic (exact) mass is 365 g/mol. The first-order valence-electron chi connectivity index (χ1n) is 6.37. The Labute approximate surface area is 135 Å². The largest absolute Gasteiger partial charge is 0.493 e. The molecule has 6 heteroatoms. The number of hydrogen-bond donors (Lipinski definition) is 1. The molecule has 0 radical (unpaired) electrons. The molecule has 108 valence electrons. The molecule has 3 rings (SSSR count). The Balaban J connectivity index is 1.84. The lowest BCUT2D eigenvalue weighted by molar-refractivity contribution is 0.414. The Morgan fingerprint density at radius 3 is 3.00 bits per heavy atom. The molecule has 4 nitrogen and oxygen atoms in total. The number of nitrogens with zero attached hydrogens (tertiary/aromatic N) is 2. The smallest absolute Gasteiger partial charge is 0.156 e. The van der Waals surface area contributed by atoms with Gasteiger partial charge in [-0.2, -0.15) is 0 Å². The molecule has 0 amide bonds. The third-order valence-corrected chi connectivity index (χ3v) is 3.89. The van der Waals surface area contributed by atoms with Crippen molar-refractivity contribution in [3.8, 4) is 5.75 Å². The number of methoxy groups -OCH3 is 1. The lowest BCUT2D eigenvalue weighted by Gasteiger charge is -2.12. The fraction of sp³-hybridized carbons (Fsp3) is 0.133. The van der Waals surface area contributed by atoms with Crippen molar-refractivity contribution in [2.75, 3.05) is 12.4 Å². The average Bonchev–Trinajstić information content (AvgIpc) is 2.87. The van der Waals surface area contributed by atoms with E-state index in [-0.39, 0.29) is 0 Å². The maximum atomic E-state index is 6.08. The third-order valence-electron chi connectivity index (χ3n) is 3.09. The average molecular weight is 367 g/mol. The third kappa shape index (κ3) is 2.99. The van der Waals surface area contributed by atoms with E-state index in [0.29, 0.717) is 11.6 Å². The highest BCUT2D eigenvalue weighted by Crippen LogP contribution is 2.36. The molecule has 3 aromatic rings. The van der Waals surface area contributed by atoms with Crippen molar-refractivity contribution < 1.29 is 4.74 Å². The number of anilines is 1. The van der Waals surface area contributed by atoms with Crippen molar-refractivity contribution in [3.63, 3.8) is 0 Å². The Hall–Kier alpha value is -1.72. The van der Waals surface area contributed by atoms with E-state index in [2.05, 4.69) is 26.2 Å². The zero-order valence-corrected chi connectivity index (χ0v) is 13.6. The van der Waals surface area contributed by atoms with Crippen LogP contribution in [-0.2, 0) is 6.54 Å². The van der Waals surface area contributed by atoms with Crippen LogP contribution in [0.3, 0.4) is 0 Å². The molecular formula is C15H13BrClN3O. The molecule has 0 bridgehead atoms. The van der Waals surface area contributed by atoms with Crippen LogP contribution >= 0.6 is 27.5 Å². The highest BCUT2D eigenvalue weighted by Gasteiger charge is 2.10. The Bertz CT molecular complexity index is 755. The van der Waals surface area contributed by atoms with Crippen molar-refractivity contribution >= 4 is 38.9 Å². The Kier molecular flexibility index (Phi) is 4.03. The van der Waals surface area contributed by atoms with Crippen LogP contribution in [0, 0.1) is 0 Å². The number of pyridine rings is 1. The van der Waals surface area contributed by atoms with E-state index in [4.69, 9.17) is 16.3 Å². The van der Waals surface area contributed by atoms with Crippen LogP contribution < -0.4 is 10.1 Å². The van der Waals surface area contributed by atoms with Crippen LogP contribution in [0.5, 0.6) is 5.75 Å². The first kappa shape index (κ1) is 14.2. The van der Waals surface area contributed by atoms with Gasteiger partial charge < -0.3 is 14.5 Å². The summed E-state index contributed by atoms with van der Waals surface area (Å²) in [4.78, 5) is 4.54. The van der Waals surface area contributed by atoms with Crippen molar-refractivity contribution in [3.05, 3.63) is 57.9 Å². The number of benzene rings is 1. The fourth-order valence-electron chi connectivity index (χ4n) is 2.16. The van der Waals surface area contributed by atoms with Crippen LogP contribution in [0.1, 0.15) is 5.69 Å². The van der Waals surface area contributed by atoms with Gasteiger partial charge in [0.05, 0.1) is 29.5 Å². The van der Waals surface area contributed by atoms with Gasteiger partial charge in [0.25, 0.3) is 0 Å². The summed E-state index contributed by atoms with van der Waals surface area (Å²) in [6, 6.07) is 9.55. The number of ether oxygens (including phenoxy) is 1. The summed E-state index contributed by atoms with van der Waals surface area (Å²) < 4.78 is 8.19. The van der Waals surface area contributed by atoms with Gasteiger partial charge in [-0.3, -0.25) is 0 Å². The van der Waals surface area contributed by atoms with Crippen molar-refractivity contribution in [2.45, 2.75) is 6.54 Å². The highest BCUT2D eigenvalue weighted by molar-refractivity contribution is 9.10. The van der Waals surface area contributed by atoms with Crippen LogP contribution in [0.4, 0.5) is 5.69 Å². The highest BCUT2D eigenvalue weighted by atomic mass is 79.9. The van der Waals surface area contributed by atoms with Gasteiger partial charge in [-0.1, -0.05) is 17.7 Å². The van der Waals surface area contributed by atoms with E-state index >= 15 is 0 Å². The molecule has 1 aromatic carbocycles. The van der Waals surface area contributed by atoms with E-state index in [1.807, 2.05) is 41.1 Å². The van der Waals surface area contributed by atoms with Crippen LogP contribution in [0.25, 0.3) is 5.65 Å². The van der Waals surface area contributed by atoms with Gasteiger partial charge in [0, 0.05) is 17.4 Å². The second-order valence-electron chi connectivity index (χ2n) is 4.52. The van der Waals surface area contributed by atoms with E-state index < -0.39 is 0 Å². The van der Waals surface area contributed by atoms with Gasteiger partial charge >= 0.3 is 0 Å². The molecule has 0 spiro atoms. The molecule has 21 heavy (non-hydrogen) atoms. The number of nitrogens with one attached hydrogen (secondary N) is 1. The number of rotatable bonds is 4. The molecule has 0 saturated carbocycles. The molecular weight excluding hydrogens is 354 g/mol. The predicted octanol–water partition coefficient (Wildman–Crippen LogP) is 4.37. The number of imidazole rings is 1. The van der Waals surface area contributed by atoms with Crippen molar-refractivity contribution in [1.29, 1.82) is 0 Å². The maximum absolute atomic E-state index is 6.08. The number of aromatic nitrogens is 2. The summed E-state index contributed by atoms with van der Waals surface area (Å²) in [7, 11) is 1.63. The van der Waals surface area contributed by atoms with E-state index in [1.165, 1.54) is 0 Å². The number of fused-ring (bicyclic) bond motifs is 1. The second kappa shape index (κ2) is 5.95. The molecule has 0 atom stereocenters. The standard InChI is InChI=1S/C15H13BrClN3O/c1-21-15-12(16)6-10(17)7-13(15)18-8-11-9-20-5-3-2-4-14(20)19-11/h2-7,9,18H,8H2,1H3. The lowest BCUT2D eigenvalue weighted by Crippen LogP contribution is -2.02. The van der Waals surface area contributed by atoms with Gasteiger partial charge in [-0.05, 0) is 40.2 Å². The van der Waals surface area contributed by atoms with Gasteiger partial charge in [0.15, 0.2) is 5.75 Å². The molecule has 0 aliphatic heterocycles. The maximum Gasteiger partial charge on any atom is 0.156 e. The van der Waals surface area contributed by atoms with Crippen molar-refractivity contribution in [2.24, 2.45) is 0 Å². The molecule has 0 fully saturated rings. The van der Waals surface area contributed by atoms with Crippen LogP contribution in [0.15, 0.2) is 47.2 Å². The number of hydrogen-bond acceptors (Lipinski definition) is 3. The quantitative estimate of drug-likeness (QED) is 0.745. The van der Waals surface area contributed by atoms with Gasteiger partial charge in [-0.15, -0.1) is 0 Å². The molecule has 0 saturated heterocycles. The van der Waals surface area contributed by atoms with Crippen LogP contribution in [-0.4, -0.2) is 16.5 Å². The summed E-state index contributed by atoms with van der Waals surface area (Å²) in [5, 5.41) is 3.95. The SMILES string of the molecule is COc1c(Br)cc(Cl)cc1NCc1cn2ccccc2n1. The predicted molar refractivity (Wildman–Crippen MR) is 88.2 cm³/mol. The zero-order chi connectivity index (χ0) is 14.8. The normalized spacial score (nSPS) is 10.8. The lowest BCUT2D eigenvalue weighted by atomic mass is 10.3. The summed E-state index contributed by atoms with van der Waals surface area (Å²) in [6.45, 7) is 0.588. The fourth-order valence-corrected chi connectivity index (χ4v) is 3.13. The first-order valence-corrected chi connectivity index (χ1v) is 7.54. The van der Waals surface area contributed by atoms with Gasteiger partial charge in [-0.25, -0.2) is 4.98 Å². The molecule has 1 N–H and O–H groups in total. The summed E-state index contributed by atoms with van der Waals surface area (Å²) >= 11 is 9.52. The summed E-state index contributed by atoms with van der Waals surface area (Å²) in [5.41, 5.74) is 2.70. The van der Waals surface area contributed by atoms with Gasteiger partial charge in [0.1, 0.15) is 5.65 Å². The minimum Gasteiger partial charge on any atom is -0.493 e. The topological polar surface area (TPSA) is 38.6 Å². The Morgan fingerprint density at radius 2 is 2.24 bits per heavy atom. The van der Waals surface area contributed by atoms with E-state index in [0.717, 1.165) is 27.3 Å². The summed E-state index contributed by atoms with van der Waals surface area (Å²) in [6.07, 6.45) is 3.97. The minimum absolute atomic E-state index is 0.588. The molecule has 0 aliphatic carbocycles. The van der Waals surface area contributed by atoms with Crippen molar-refractivity contribution in [1.82, 2.24) is 9.38 Å². The number of halogens is 2. The van der Waals surface area contributed by atoms with E-state index in [1.54, 1.807) is 13.2 Å². The zero-order valence-electron chi connectivity index (χ0n) is 11.3. The first-order chi connectivity index (χ1) is 10.2. The van der Waals surface area contributed by atoms with E-state index in [9.17, 15) is 0 Å². The second-order valence-corrected chi connectivity index (χ2v) is 5.81. The Morgan fingerprint density at radius 1 is 1.38 bits per heavy atom. The summed E-state index contributed by atoms with van der Waals surface area (Å²) in [5.74, 6) is 0.725. The molecule has 2 aromatic heterocycles. The van der Waals surface area contributed by atoms with Crippen LogP contribution in [0.2, 0.25) is 5.02 Å². The minimum atomic E-state index is 0.588.